The lowest BCUT2D eigenvalue weighted by atomic mass is 10.1. The van der Waals surface area contributed by atoms with Gasteiger partial charge < -0.3 is 14.5 Å². The molecule has 0 saturated heterocycles. The van der Waals surface area contributed by atoms with Gasteiger partial charge in [0.2, 0.25) is 0 Å². The molecule has 28 heavy (non-hydrogen) atoms. The summed E-state index contributed by atoms with van der Waals surface area (Å²) in [6.45, 7) is 3.43. The summed E-state index contributed by atoms with van der Waals surface area (Å²) in [5, 5.41) is 9.42. The quantitative estimate of drug-likeness (QED) is 0.527. The number of rotatable bonds is 7. The Morgan fingerprint density at radius 1 is 1.11 bits per heavy atom. The van der Waals surface area contributed by atoms with Crippen LogP contribution in [-0.2, 0) is 19.7 Å². The van der Waals surface area contributed by atoms with Gasteiger partial charge in [-0.2, -0.15) is 5.10 Å². The summed E-state index contributed by atoms with van der Waals surface area (Å²) in [5.74, 6) is 1.33. The first-order valence-electron chi connectivity index (χ1n) is 9.22. The Morgan fingerprint density at radius 2 is 1.96 bits per heavy atom. The molecule has 2 heterocycles. The van der Waals surface area contributed by atoms with Gasteiger partial charge in [-0.05, 0) is 48.0 Å². The highest BCUT2D eigenvalue weighted by Gasteiger charge is 2.12. The van der Waals surface area contributed by atoms with Crippen molar-refractivity contribution in [2.75, 3.05) is 0 Å². The number of hydrogen-bond donors (Lipinski definition) is 1. The van der Waals surface area contributed by atoms with E-state index in [0.717, 1.165) is 28.8 Å². The van der Waals surface area contributed by atoms with Crippen LogP contribution in [0.5, 0.6) is 5.75 Å². The number of benzene rings is 2. The first-order valence-corrected chi connectivity index (χ1v) is 9.22. The first-order chi connectivity index (χ1) is 13.7. The number of fused-ring (bicyclic) bond motifs is 1. The van der Waals surface area contributed by atoms with Gasteiger partial charge in [-0.3, -0.25) is 9.48 Å². The second-order valence-corrected chi connectivity index (χ2v) is 6.41. The zero-order valence-corrected chi connectivity index (χ0v) is 15.6. The molecule has 0 saturated carbocycles. The van der Waals surface area contributed by atoms with E-state index in [1.165, 1.54) is 0 Å². The van der Waals surface area contributed by atoms with Crippen LogP contribution in [0, 0.1) is 0 Å². The van der Waals surface area contributed by atoms with Crippen LogP contribution >= 0.6 is 0 Å². The van der Waals surface area contributed by atoms with Crippen LogP contribution in [0.4, 0.5) is 0 Å². The predicted molar refractivity (Wildman–Crippen MR) is 106 cm³/mol. The Balaban J connectivity index is 1.33. The molecule has 0 spiro atoms. The van der Waals surface area contributed by atoms with Gasteiger partial charge in [0.1, 0.15) is 18.1 Å². The number of carbonyl (C=O) groups is 1. The van der Waals surface area contributed by atoms with Gasteiger partial charge in [-0.25, -0.2) is 0 Å². The van der Waals surface area contributed by atoms with Gasteiger partial charge in [-0.1, -0.05) is 30.3 Å². The molecular weight excluding hydrogens is 354 g/mol. The lowest BCUT2D eigenvalue weighted by molar-refractivity contribution is 0.0918. The summed E-state index contributed by atoms with van der Waals surface area (Å²) in [4.78, 5) is 12.2. The van der Waals surface area contributed by atoms with E-state index in [1.807, 2.05) is 60.3 Å². The number of nitrogens with one attached hydrogen (secondary N) is 1. The van der Waals surface area contributed by atoms with Crippen LogP contribution in [0.3, 0.4) is 0 Å². The van der Waals surface area contributed by atoms with Crippen LogP contribution < -0.4 is 10.1 Å². The van der Waals surface area contributed by atoms with E-state index in [2.05, 4.69) is 16.5 Å². The number of ether oxygens (including phenoxy) is 1. The highest BCUT2D eigenvalue weighted by Crippen LogP contribution is 2.21. The summed E-state index contributed by atoms with van der Waals surface area (Å²) >= 11 is 0. The van der Waals surface area contributed by atoms with E-state index < -0.39 is 0 Å². The van der Waals surface area contributed by atoms with Gasteiger partial charge >= 0.3 is 0 Å². The molecular formula is C22H21N3O3. The Hall–Kier alpha value is -3.54. The average Bonchev–Trinajstić information content (AvgIpc) is 3.40. The van der Waals surface area contributed by atoms with Crippen LogP contribution in [0.15, 0.2) is 71.3 Å². The topological polar surface area (TPSA) is 69.3 Å². The second-order valence-electron chi connectivity index (χ2n) is 6.41. The van der Waals surface area contributed by atoms with E-state index in [0.29, 0.717) is 12.3 Å². The van der Waals surface area contributed by atoms with Crippen molar-refractivity contribution in [3.63, 3.8) is 0 Å². The van der Waals surface area contributed by atoms with Gasteiger partial charge in [0, 0.05) is 12.7 Å². The van der Waals surface area contributed by atoms with Crippen LogP contribution in [0.2, 0.25) is 0 Å². The Morgan fingerprint density at radius 3 is 2.79 bits per heavy atom. The molecule has 1 amide bonds. The number of hydrogen-bond acceptors (Lipinski definition) is 4. The van der Waals surface area contributed by atoms with Gasteiger partial charge in [0.25, 0.3) is 5.91 Å². The van der Waals surface area contributed by atoms with Crippen LogP contribution in [-0.4, -0.2) is 15.7 Å². The van der Waals surface area contributed by atoms with Crippen molar-refractivity contribution in [3.8, 4) is 5.75 Å². The standard InChI is InChI=1S/C22H21N3O3/c1-2-25-12-11-18(24-25)14-23-22(26)21-10-9-20(28-21)15-27-19-8-7-16-5-3-4-6-17(16)13-19/h3-13H,2,14-15H2,1H3,(H,23,26). The van der Waals surface area contributed by atoms with Gasteiger partial charge in [0.15, 0.2) is 5.76 Å². The molecule has 0 aliphatic rings. The summed E-state index contributed by atoms with van der Waals surface area (Å²) in [7, 11) is 0. The molecule has 0 bridgehead atoms. The van der Waals surface area contributed by atoms with Crippen molar-refractivity contribution in [1.29, 1.82) is 0 Å². The minimum atomic E-state index is -0.275. The third-order valence-electron chi connectivity index (χ3n) is 4.44. The molecule has 0 aliphatic heterocycles. The normalized spacial score (nSPS) is 10.9. The van der Waals surface area contributed by atoms with E-state index in [9.17, 15) is 4.79 Å². The molecule has 0 radical (unpaired) electrons. The van der Waals surface area contributed by atoms with Gasteiger partial charge in [-0.15, -0.1) is 0 Å². The molecule has 1 N–H and O–H groups in total. The highest BCUT2D eigenvalue weighted by atomic mass is 16.5. The van der Waals surface area contributed by atoms with Crippen LogP contribution in [0.1, 0.15) is 28.9 Å². The number of nitrogens with zero attached hydrogens (tertiary/aromatic N) is 2. The maximum absolute atomic E-state index is 12.2. The fourth-order valence-corrected chi connectivity index (χ4v) is 2.92. The lowest BCUT2D eigenvalue weighted by Crippen LogP contribution is -2.22. The van der Waals surface area contributed by atoms with Crippen molar-refractivity contribution in [2.45, 2.75) is 26.6 Å². The van der Waals surface area contributed by atoms with E-state index in [4.69, 9.17) is 9.15 Å². The van der Waals surface area contributed by atoms with Crippen molar-refractivity contribution in [2.24, 2.45) is 0 Å². The number of aromatic nitrogens is 2. The number of carbonyl (C=O) groups excluding carboxylic acids is 1. The third-order valence-corrected chi connectivity index (χ3v) is 4.44. The predicted octanol–water partition coefficient (Wildman–Crippen LogP) is 4.16. The minimum absolute atomic E-state index is 0.256. The Bertz CT molecular complexity index is 1100. The number of amides is 1. The number of furan rings is 1. The molecule has 4 rings (SSSR count). The minimum Gasteiger partial charge on any atom is -0.486 e. The summed E-state index contributed by atoms with van der Waals surface area (Å²) in [6, 6.07) is 19.3. The van der Waals surface area contributed by atoms with E-state index >= 15 is 0 Å². The first kappa shape index (κ1) is 17.9. The molecule has 0 aliphatic carbocycles. The monoisotopic (exact) mass is 375 g/mol. The average molecular weight is 375 g/mol. The lowest BCUT2D eigenvalue weighted by Gasteiger charge is -2.06. The fourth-order valence-electron chi connectivity index (χ4n) is 2.92. The zero-order chi connectivity index (χ0) is 19.3. The molecule has 0 atom stereocenters. The molecule has 2 aromatic heterocycles. The molecule has 6 nitrogen and oxygen atoms in total. The second kappa shape index (κ2) is 8.00. The molecule has 2 aromatic carbocycles. The van der Waals surface area contributed by atoms with E-state index in [1.54, 1.807) is 12.1 Å². The molecule has 0 fully saturated rings. The van der Waals surface area contributed by atoms with Crippen molar-refractivity contribution in [1.82, 2.24) is 15.1 Å². The fraction of sp³-hybridized carbons (Fsp3) is 0.182. The Labute approximate surface area is 162 Å². The zero-order valence-electron chi connectivity index (χ0n) is 15.6. The SMILES string of the molecule is CCn1ccc(CNC(=O)c2ccc(COc3ccc4ccccc4c3)o2)n1. The largest absolute Gasteiger partial charge is 0.486 e. The van der Waals surface area contributed by atoms with Crippen LogP contribution in [0.25, 0.3) is 10.8 Å². The summed E-state index contributed by atoms with van der Waals surface area (Å²) < 4.78 is 13.2. The maximum Gasteiger partial charge on any atom is 0.287 e. The maximum atomic E-state index is 12.2. The van der Waals surface area contributed by atoms with Gasteiger partial charge in [0.05, 0.1) is 12.2 Å². The summed E-state index contributed by atoms with van der Waals surface area (Å²) in [6.07, 6.45) is 1.89. The molecule has 142 valence electrons. The Kier molecular flexibility index (Phi) is 5.10. The molecule has 4 aromatic rings. The smallest absolute Gasteiger partial charge is 0.287 e. The van der Waals surface area contributed by atoms with E-state index in [-0.39, 0.29) is 18.3 Å². The third kappa shape index (κ3) is 4.06. The van der Waals surface area contributed by atoms with Crippen molar-refractivity contribution in [3.05, 3.63) is 84.1 Å². The molecule has 6 heteroatoms. The van der Waals surface area contributed by atoms with Crippen molar-refractivity contribution < 1.29 is 13.9 Å². The van der Waals surface area contributed by atoms with Crippen molar-refractivity contribution >= 4 is 16.7 Å². The summed E-state index contributed by atoms with van der Waals surface area (Å²) in [5.41, 5.74) is 0.807. The number of aryl methyl sites for hydroxylation is 1. The molecule has 0 unspecified atom stereocenters. The highest BCUT2D eigenvalue weighted by molar-refractivity contribution is 5.91.